The van der Waals surface area contributed by atoms with Crippen LogP contribution in [0.2, 0.25) is 0 Å². The van der Waals surface area contributed by atoms with Gasteiger partial charge in [-0.1, -0.05) is 69.6 Å². The van der Waals surface area contributed by atoms with Gasteiger partial charge in [0.1, 0.15) is 0 Å². The molecular formula is C17H18Cl6N4. The molecule has 2 rings (SSSR count). The average Bonchev–Trinajstić information content (AvgIpc) is 2.53. The third kappa shape index (κ3) is 5.88. The standard InChI is InChI=1S/C17H18Cl6N4/c1-9(2)27(10(3)4)12-7-5-11(6-8-12)13-24-14(16(18,19)20)26-15(25-13)17(21,22)23/h5-10H,1-4H3. The number of halogens is 6. The molecule has 0 fully saturated rings. The Labute approximate surface area is 189 Å². The summed E-state index contributed by atoms with van der Waals surface area (Å²) in [4.78, 5) is 14.7. The Morgan fingerprint density at radius 2 is 1.11 bits per heavy atom. The van der Waals surface area contributed by atoms with Crippen LogP contribution in [0.1, 0.15) is 39.3 Å². The zero-order valence-corrected chi connectivity index (χ0v) is 19.6. The minimum absolute atomic E-state index is 0.117. The zero-order valence-electron chi connectivity index (χ0n) is 15.0. The van der Waals surface area contributed by atoms with Crippen LogP contribution < -0.4 is 4.90 Å². The predicted octanol–water partition coefficient (Wildman–Crippen LogP) is 6.82. The van der Waals surface area contributed by atoms with Crippen molar-refractivity contribution in [2.24, 2.45) is 0 Å². The Balaban J connectivity index is 2.51. The van der Waals surface area contributed by atoms with Crippen molar-refractivity contribution < 1.29 is 0 Å². The van der Waals surface area contributed by atoms with Crippen LogP contribution in [0.3, 0.4) is 0 Å². The summed E-state index contributed by atoms with van der Waals surface area (Å²) in [7, 11) is 0. The lowest BCUT2D eigenvalue weighted by Crippen LogP contribution is -2.36. The van der Waals surface area contributed by atoms with Gasteiger partial charge in [-0.05, 0) is 52.0 Å². The van der Waals surface area contributed by atoms with Gasteiger partial charge >= 0.3 is 0 Å². The molecule has 0 unspecified atom stereocenters. The Morgan fingerprint density at radius 1 is 0.704 bits per heavy atom. The van der Waals surface area contributed by atoms with Gasteiger partial charge in [0, 0.05) is 23.3 Å². The summed E-state index contributed by atoms with van der Waals surface area (Å²) in [5, 5.41) is 0. The van der Waals surface area contributed by atoms with Gasteiger partial charge in [-0.25, -0.2) is 15.0 Å². The fraction of sp³-hybridized carbons (Fsp3) is 0.471. The summed E-state index contributed by atoms with van der Waals surface area (Å²) < 4.78 is -3.76. The van der Waals surface area contributed by atoms with Crippen LogP contribution in [-0.4, -0.2) is 27.0 Å². The van der Waals surface area contributed by atoms with E-state index in [1.165, 1.54) is 0 Å². The first-order chi connectivity index (χ1) is 12.3. The van der Waals surface area contributed by atoms with E-state index in [1.807, 2.05) is 24.3 Å². The molecule has 0 atom stereocenters. The maximum atomic E-state index is 5.92. The minimum Gasteiger partial charge on any atom is -0.367 e. The first-order valence-corrected chi connectivity index (χ1v) is 10.4. The van der Waals surface area contributed by atoms with E-state index >= 15 is 0 Å². The second-order valence-corrected chi connectivity index (χ2v) is 11.0. The minimum atomic E-state index is -1.88. The van der Waals surface area contributed by atoms with Crippen molar-refractivity contribution in [2.75, 3.05) is 4.90 Å². The summed E-state index contributed by atoms with van der Waals surface area (Å²) in [5.41, 5.74) is 1.75. The maximum absolute atomic E-state index is 5.92. The summed E-state index contributed by atoms with van der Waals surface area (Å²) in [5.74, 6) is 0.0163. The van der Waals surface area contributed by atoms with E-state index in [1.54, 1.807) is 0 Å². The van der Waals surface area contributed by atoms with Crippen molar-refractivity contribution in [3.8, 4) is 11.4 Å². The highest BCUT2D eigenvalue weighted by atomic mass is 35.6. The largest absolute Gasteiger partial charge is 0.367 e. The van der Waals surface area contributed by atoms with Gasteiger partial charge in [-0.3, -0.25) is 0 Å². The molecule has 148 valence electrons. The van der Waals surface area contributed by atoms with Crippen LogP contribution in [0.25, 0.3) is 11.4 Å². The van der Waals surface area contributed by atoms with Crippen molar-refractivity contribution >= 4 is 75.3 Å². The molecule has 2 aromatic rings. The van der Waals surface area contributed by atoms with Crippen molar-refractivity contribution in [1.82, 2.24) is 15.0 Å². The molecule has 1 heterocycles. The van der Waals surface area contributed by atoms with Crippen LogP contribution in [-0.2, 0) is 7.59 Å². The number of alkyl halides is 6. The van der Waals surface area contributed by atoms with Crippen LogP contribution in [0.4, 0.5) is 5.69 Å². The summed E-state index contributed by atoms with van der Waals surface area (Å²) in [6.07, 6.45) is 0. The number of hydrogen-bond acceptors (Lipinski definition) is 4. The molecular weight excluding hydrogens is 473 g/mol. The summed E-state index contributed by atoms with van der Waals surface area (Å²) in [6, 6.07) is 8.38. The Bertz CT molecular complexity index is 741. The molecule has 0 saturated heterocycles. The fourth-order valence-corrected chi connectivity index (χ4v) is 3.24. The number of rotatable bonds is 4. The highest BCUT2D eigenvalue weighted by Gasteiger charge is 2.34. The Hall–Kier alpha value is -0.230. The summed E-state index contributed by atoms with van der Waals surface area (Å²) in [6.45, 7) is 8.56. The molecule has 0 saturated carbocycles. The van der Waals surface area contributed by atoms with E-state index in [0.717, 1.165) is 5.69 Å². The second-order valence-electron chi connectivity index (χ2n) is 6.44. The molecule has 10 heteroatoms. The highest BCUT2D eigenvalue weighted by molar-refractivity contribution is 6.67. The predicted molar refractivity (Wildman–Crippen MR) is 116 cm³/mol. The number of benzene rings is 1. The number of hydrogen-bond donors (Lipinski definition) is 0. The van der Waals surface area contributed by atoms with E-state index in [-0.39, 0.29) is 17.5 Å². The first kappa shape index (κ1) is 23.1. The van der Waals surface area contributed by atoms with Crippen molar-refractivity contribution in [1.29, 1.82) is 0 Å². The van der Waals surface area contributed by atoms with Gasteiger partial charge < -0.3 is 4.90 Å². The van der Waals surface area contributed by atoms with Crippen molar-refractivity contribution in [3.05, 3.63) is 35.9 Å². The molecule has 0 aliphatic carbocycles. The van der Waals surface area contributed by atoms with Crippen molar-refractivity contribution in [2.45, 2.75) is 47.4 Å². The molecule has 0 amide bonds. The lowest BCUT2D eigenvalue weighted by molar-refractivity contribution is 0.608. The van der Waals surface area contributed by atoms with Crippen LogP contribution in [0, 0.1) is 0 Å². The van der Waals surface area contributed by atoms with Gasteiger partial charge in [0.25, 0.3) is 0 Å². The lowest BCUT2D eigenvalue weighted by atomic mass is 10.1. The van der Waals surface area contributed by atoms with Crippen LogP contribution in [0.5, 0.6) is 0 Å². The quantitative estimate of drug-likeness (QED) is 0.441. The van der Waals surface area contributed by atoms with Crippen LogP contribution >= 0.6 is 69.6 Å². The highest BCUT2D eigenvalue weighted by Crippen LogP contribution is 2.40. The molecule has 0 aliphatic heterocycles. The molecule has 1 aromatic heterocycles. The van der Waals surface area contributed by atoms with E-state index < -0.39 is 7.59 Å². The molecule has 4 nitrogen and oxygen atoms in total. The fourth-order valence-electron chi connectivity index (χ4n) is 2.73. The second kappa shape index (κ2) is 8.64. The Kier molecular flexibility index (Phi) is 7.38. The lowest BCUT2D eigenvalue weighted by Gasteiger charge is -2.33. The topological polar surface area (TPSA) is 41.9 Å². The van der Waals surface area contributed by atoms with Gasteiger partial charge in [-0.2, -0.15) is 0 Å². The molecule has 1 aromatic carbocycles. The molecule has 27 heavy (non-hydrogen) atoms. The van der Waals surface area contributed by atoms with Gasteiger partial charge in [0.2, 0.25) is 7.59 Å². The smallest absolute Gasteiger partial charge is 0.250 e. The Morgan fingerprint density at radius 3 is 1.44 bits per heavy atom. The molecule has 0 aliphatic rings. The van der Waals surface area contributed by atoms with Gasteiger partial charge in [0.05, 0.1) is 0 Å². The number of nitrogens with zero attached hydrogens (tertiary/aromatic N) is 4. The van der Waals surface area contributed by atoms with E-state index in [0.29, 0.717) is 17.6 Å². The molecule has 0 N–H and O–H groups in total. The third-order valence-corrected chi connectivity index (χ3v) is 4.69. The number of anilines is 1. The van der Waals surface area contributed by atoms with Crippen molar-refractivity contribution in [3.63, 3.8) is 0 Å². The normalized spacial score (nSPS) is 12.7. The molecule has 0 bridgehead atoms. The molecule has 0 radical (unpaired) electrons. The monoisotopic (exact) mass is 488 g/mol. The average molecular weight is 491 g/mol. The zero-order chi connectivity index (χ0) is 20.6. The molecule has 0 spiro atoms. The van der Waals surface area contributed by atoms with E-state index in [2.05, 4.69) is 47.5 Å². The van der Waals surface area contributed by atoms with E-state index in [4.69, 9.17) is 69.6 Å². The SMILES string of the molecule is CC(C)N(c1ccc(-c2nc(C(Cl)(Cl)Cl)nc(C(Cl)(Cl)Cl)n2)cc1)C(C)C. The third-order valence-electron chi connectivity index (χ3n) is 3.68. The van der Waals surface area contributed by atoms with Gasteiger partial charge in [0.15, 0.2) is 17.5 Å². The number of aromatic nitrogens is 3. The van der Waals surface area contributed by atoms with Gasteiger partial charge in [-0.15, -0.1) is 0 Å². The van der Waals surface area contributed by atoms with E-state index in [9.17, 15) is 0 Å². The van der Waals surface area contributed by atoms with Crippen LogP contribution in [0.15, 0.2) is 24.3 Å². The first-order valence-electron chi connectivity index (χ1n) is 8.10. The maximum Gasteiger partial charge on any atom is 0.250 e. The summed E-state index contributed by atoms with van der Waals surface area (Å²) >= 11 is 35.5.